The van der Waals surface area contributed by atoms with Crippen LogP contribution in [-0.2, 0) is 16.1 Å². The Balaban J connectivity index is 2.00. The van der Waals surface area contributed by atoms with Gasteiger partial charge in [0.2, 0.25) is 0 Å². The van der Waals surface area contributed by atoms with E-state index in [0.29, 0.717) is 38.0 Å². The second-order valence-electron chi connectivity index (χ2n) is 6.56. The summed E-state index contributed by atoms with van der Waals surface area (Å²) in [7, 11) is 1.80. The Morgan fingerprint density at radius 2 is 2.26 bits per heavy atom. The molecule has 0 saturated heterocycles. The number of carbonyl (C=O) groups is 2. The molecule has 1 atom stereocenters. The standard InChI is InChI=1S/C22H28N2O3/c1-4-12-27-13-6-5-7-18-9-11-21-19(14-18)15-24(22(21)26)20(16-25)10-8-17(2)23-3/h9,11,14,16,20,23H,2,4,6,8,10,12-13,15H2,1,3H3. The molecule has 5 heteroatoms. The number of aldehydes is 1. The van der Waals surface area contributed by atoms with E-state index in [2.05, 4.69) is 30.7 Å². The number of hydrogen-bond acceptors (Lipinski definition) is 4. The van der Waals surface area contributed by atoms with Gasteiger partial charge in [0.05, 0.1) is 12.6 Å². The van der Waals surface area contributed by atoms with Crippen LogP contribution in [0.5, 0.6) is 0 Å². The number of benzene rings is 1. The van der Waals surface area contributed by atoms with E-state index in [1.54, 1.807) is 11.9 Å². The molecule has 2 rings (SSSR count). The van der Waals surface area contributed by atoms with Crippen molar-refractivity contribution in [2.75, 3.05) is 20.3 Å². The van der Waals surface area contributed by atoms with Gasteiger partial charge in [0.25, 0.3) is 5.91 Å². The molecule has 1 N–H and O–H groups in total. The first kappa shape index (κ1) is 20.7. The fraction of sp³-hybridized carbons (Fsp3) is 0.455. The molecule has 1 heterocycles. The molecule has 0 aromatic heterocycles. The maximum atomic E-state index is 12.7. The highest BCUT2D eigenvalue weighted by Crippen LogP contribution is 2.26. The van der Waals surface area contributed by atoms with Gasteiger partial charge in [-0.05, 0) is 43.0 Å². The van der Waals surface area contributed by atoms with E-state index in [9.17, 15) is 9.59 Å². The molecule has 1 amide bonds. The summed E-state index contributed by atoms with van der Waals surface area (Å²) in [5.41, 5.74) is 3.32. The predicted molar refractivity (Wildman–Crippen MR) is 106 cm³/mol. The largest absolute Gasteiger partial charge is 0.392 e. The van der Waals surface area contributed by atoms with Gasteiger partial charge in [0.1, 0.15) is 6.29 Å². The molecule has 0 spiro atoms. The van der Waals surface area contributed by atoms with E-state index < -0.39 is 6.04 Å². The number of hydrogen-bond donors (Lipinski definition) is 1. The number of ether oxygens (including phenoxy) is 1. The van der Waals surface area contributed by atoms with E-state index in [1.165, 1.54) is 0 Å². The third kappa shape index (κ3) is 5.70. The molecule has 0 radical (unpaired) electrons. The fourth-order valence-corrected chi connectivity index (χ4v) is 2.97. The summed E-state index contributed by atoms with van der Waals surface area (Å²) in [6.07, 6.45) is 3.76. The first-order chi connectivity index (χ1) is 13.1. The summed E-state index contributed by atoms with van der Waals surface area (Å²) >= 11 is 0. The van der Waals surface area contributed by atoms with Crippen LogP contribution in [0.3, 0.4) is 0 Å². The number of nitrogens with zero attached hydrogens (tertiary/aromatic N) is 1. The predicted octanol–water partition coefficient (Wildman–Crippen LogP) is 2.89. The van der Waals surface area contributed by atoms with Crippen molar-refractivity contribution in [2.45, 2.75) is 45.2 Å². The maximum absolute atomic E-state index is 12.7. The summed E-state index contributed by atoms with van der Waals surface area (Å²) in [6.45, 7) is 7.79. The van der Waals surface area contributed by atoms with Crippen LogP contribution in [0.25, 0.3) is 0 Å². The highest BCUT2D eigenvalue weighted by Gasteiger charge is 2.32. The van der Waals surface area contributed by atoms with Crippen LogP contribution in [0, 0.1) is 11.8 Å². The molecule has 0 fully saturated rings. The Hall–Kier alpha value is -2.58. The Morgan fingerprint density at radius 1 is 1.44 bits per heavy atom. The summed E-state index contributed by atoms with van der Waals surface area (Å²) in [4.78, 5) is 25.8. The van der Waals surface area contributed by atoms with Crippen molar-refractivity contribution in [3.8, 4) is 11.8 Å². The lowest BCUT2D eigenvalue weighted by atomic mass is 10.1. The van der Waals surface area contributed by atoms with E-state index in [-0.39, 0.29) is 5.91 Å². The second-order valence-corrected chi connectivity index (χ2v) is 6.56. The topological polar surface area (TPSA) is 58.6 Å². The molecule has 5 nitrogen and oxygen atoms in total. The van der Waals surface area contributed by atoms with Crippen molar-refractivity contribution in [3.63, 3.8) is 0 Å². The van der Waals surface area contributed by atoms with Crippen LogP contribution in [0.15, 0.2) is 30.5 Å². The van der Waals surface area contributed by atoms with Gasteiger partial charge >= 0.3 is 0 Å². The molecule has 1 unspecified atom stereocenters. The zero-order valence-corrected chi connectivity index (χ0v) is 16.2. The number of fused-ring (bicyclic) bond motifs is 1. The van der Waals surface area contributed by atoms with Crippen molar-refractivity contribution < 1.29 is 14.3 Å². The average molecular weight is 368 g/mol. The number of nitrogens with one attached hydrogen (secondary N) is 1. The number of allylic oxidation sites excluding steroid dienone is 1. The van der Waals surface area contributed by atoms with E-state index >= 15 is 0 Å². The summed E-state index contributed by atoms with van der Waals surface area (Å²) in [5.74, 6) is 6.13. The molecule has 0 bridgehead atoms. The van der Waals surface area contributed by atoms with Crippen molar-refractivity contribution in [1.82, 2.24) is 10.2 Å². The Kier molecular flexibility index (Phi) is 8.09. The van der Waals surface area contributed by atoms with Crippen LogP contribution in [0.2, 0.25) is 0 Å². The maximum Gasteiger partial charge on any atom is 0.255 e. The summed E-state index contributed by atoms with van der Waals surface area (Å²) in [6, 6.07) is 5.17. The van der Waals surface area contributed by atoms with Gasteiger partial charge in [0.15, 0.2) is 0 Å². The van der Waals surface area contributed by atoms with E-state index in [4.69, 9.17) is 4.74 Å². The van der Waals surface area contributed by atoms with Crippen LogP contribution in [-0.4, -0.2) is 43.4 Å². The molecule has 0 saturated carbocycles. The third-order valence-electron chi connectivity index (χ3n) is 4.54. The minimum atomic E-state index is -0.444. The third-order valence-corrected chi connectivity index (χ3v) is 4.54. The van der Waals surface area contributed by atoms with Gasteiger partial charge in [-0.25, -0.2) is 0 Å². The smallest absolute Gasteiger partial charge is 0.255 e. The first-order valence-electron chi connectivity index (χ1n) is 9.42. The zero-order chi connectivity index (χ0) is 19.6. The van der Waals surface area contributed by atoms with Gasteiger partial charge < -0.3 is 19.7 Å². The lowest BCUT2D eigenvalue weighted by Crippen LogP contribution is -2.37. The van der Waals surface area contributed by atoms with E-state index in [0.717, 1.165) is 36.1 Å². The molecule has 0 aliphatic carbocycles. The zero-order valence-electron chi connectivity index (χ0n) is 16.2. The highest BCUT2D eigenvalue weighted by molar-refractivity contribution is 5.99. The van der Waals surface area contributed by atoms with Gasteiger partial charge in [0, 0.05) is 43.4 Å². The monoisotopic (exact) mass is 368 g/mol. The van der Waals surface area contributed by atoms with Crippen molar-refractivity contribution in [1.29, 1.82) is 0 Å². The van der Waals surface area contributed by atoms with Gasteiger partial charge in [-0.1, -0.05) is 25.3 Å². The minimum absolute atomic E-state index is 0.0929. The van der Waals surface area contributed by atoms with Crippen LogP contribution in [0.1, 0.15) is 54.1 Å². The summed E-state index contributed by atoms with van der Waals surface area (Å²) < 4.78 is 5.41. The molecule has 1 aromatic rings. The van der Waals surface area contributed by atoms with E-state index in [1.807, 2.05) is 18.2 Å². The van der Waals surface area contributed by atoms with Gasteiger partial charge in [-0.3, -0.25) is 4.79 Å². The van der Waals surface area contributed by atoms with Crippen LogP contribution >= 0.6 is 0 Å². The molecule has 144 valence electrons. The summed E-state index contributed by atoms with van der Waals surface area (Å²) in [5, 5.41) is 2.97. The fourth-order valence-electron chi connectivity index (χ4n) is 2.97. The second kappa shape index (κ2) is 10.5. The molecular formula is C22H28N2O3. The van der Waals surface area contributed by atoms with Crippen LogP contribution < -0.4 is 5.32 Å². The van der Waals surface area contributed by atoms with Gasteiger partial charge in [-0.15, -0.1) is 0 Å². The Morgan fingerprint density at radius 3 is 2.96 bits per heavy atom. The minimum Gasteiger partial charge on any atom is -0.392 e. The molecule has 27 heavy (non-hydrogen) atoms. The number of rotatable bonds is 10. The molecule has 1 aromatic carbocycles. The molecule has 1 aliphatic rings. The van der Waals surface area contributed by atoms with Crippen LogP contribution in [0.4, 0.5) is 0 Å². The first-order valence-corrected chi connectivity index (χ1v) is 9.42. The van der Waals surface area contributed by atoms with Gasteiger partial charge in [-0.2, -0.15) is 0 Å². The van der Waals surface area contributed by atoms with Crippen molar-refractivity contribution in [2.24, 2.45) is 0 Å². The SMILES string of the molecule is C=C(CCC(C=O)N1Cc2cc(C#CCCOCCC)ccc2C1=O)NC. The normalized spacial score (nSPS) is 13.6. The lowest BCUT2D eigenvalue weighted by molar-refractivity contribution is -0.112. The quantitative estimate of drug-likeness (QED) is 0.392. The molecular weight excluding hydrogens is 340 g/mol. The Labute approximate surface area is 161 Å². The van der Waals surface area contributed by atoms with Crippen molar-refractivity contribution >= 4 is 12.2 Å². The number of amides is 1. The lowest BCUT2D eigenvalue weighted by Gasteiger charge is -2.23. The number of carbonyl (C=O) groups excluding carboxylic acids is 2. The van der Waals surface area contributed by atoms with Crippen molar-refractivity contribution in [3.05, 3.63) is 47.2 Å². The average Bonchev–Trinajstić information content (AvgIpc) is 3.01. The molecule has 1 aliphatic heterocycles. The Bertz CT molecular complexity index is 746. The highest BCUT2D eigenvalue weighted by atomic mass is 16.5.